The van der Waals surface area contributed by atoms with Crippen LogP contribution in [0.5, 0.6) is 0 Å². The minimum Gasteiger partial charge on any atom is -0.390 e. The molecule has 2 aliphatic heterocycles. The Bertz CT molecular complexity index is 1790. The predicted molar refractivity (Wildman–Crippen MR) is 158 cm³/mol. The number of imidazole rings is 1. The Morgan fingerprint density at radius 3 is 2.40 bits per heavy atom. The SMILES string of the molecule is Cc1cc(NC(=O)c2ncc(-c3cn(C4CC4(F)F)nc3C(F)(F)F)n2C)ccc1C(=O)NC1[C@H]2CN(C(=O)NC3CNC[C@@H]3O)C[C@@H]12. The smallest absolute Gasteiger partial charge is 0.390 e. The predicted octanol–water partition coefficient (Wildman–Crippen LogP) is 2.15. The summed E-state index contributed by atoms with van der Waals surface area (Å²) in [7, 11) is 1.33. The zero-order valence-corrected chi connectivity index (χ0v) is 25.7. The largest absolute Gasteiger partial charge is 0.435 e. The van der Waals surface area contributed by atoms with Crippen LogP contribution >= 0.6 is 0 Å². The average Bonchev–Trinajstić information content (AvgIpc) is 3.46. The molecule has 4 heterocycles. The number of nitrogens with zero attached hydrogens (tertiary/aromatic N) is 5. The summed E-state index contributed by atoms with van der Waals surface area (Å²) in [6.07, 6.45) is -4.24. The summed E-state index contributed by atoms with van der Waals surface area (Å²) in [5, 5.41) is 24.8. The Morgan fingerprint density at radius 1 is 1.08 bits per heavy atom. The molecule has 18 heteroatoms. The van der Waals surface area contributed by atoms with Gasteiger partial charge in [-0.15, -0.1) is 0 Å². The van der Waals surface area contributed by atoms with Crippen molar-refractivity contribution in [2.45, 2.75) is 49.7 Å². The van der Waals surface area contributed by atoms with Gasteiger partial charge in [0, 0.05) is 75.0 Å². The highest BCUT2D eigenvalue weighted by molar-refractivity contribution is 6.03. The number of rotatable bonds is 7. The van der Waals surface area contributed by atoms with E-state index in [1.54, 1.807) is 24.0 Å². The molecule has 3 aromatic rings. The van der Waals surface area contributed by atoms with Crippen LogP contribution < -0.4 is 21.3 Å². The molecule has 4 fully saturated rings. The van der Waals surface area contributed by atoms with Gasteiger partial charge in [-0.25, -0.2) is 18.6 Å². The first-order valence-corrected chi connectivity index (χ1v) is 15.4. The molecule has 6 atom stereocenters. The van der Waals surface area contributed by atoms with Crippen molar-refractivity contribution in [1.82, 2.24) is 40.2 Å². The summed E-state index contributed by atoms with van der Waals surface area (Å²) < 4.78 is 70.1. The molecule has 0 spiro atoms. The normalized spacial score (nSPS) is 27.0. The van der Waals surface area contributed by atoms with E-state index >= 15 is 0 Å². The highest BCUT2D eigenvalue weighted by Gasteiger charge is 2.60. The summed E-state index contributed by atoms with van der Waals surface area (Å²) in [6, 6.07) is 2.50. The fourth-order valence-corrected chi connectivity index (χ4v) is 6.69. The highest BCUT2D eigenvalue weighted by Crippen LogP contribution is 2.53. The highest BCUT2D eigenvalue weighted by atomic mass is 19.4. The maximum absolute atomic E-state index is 13.8. The van der Waals surface area contributed by atoms with Crippen molar-refractivity contribution in [3.8, 4) is 11.3 Å². The minimum absolute atomic E-state index is 0.0811. The Morgan fingerprint density at radius 2 is 1.79 bits per heavy atom. The lowest BCUT2D eigenvalue weighted by Gasteiger charge is -2.24. The number of anilines is 1. The van der Waals surface area contributed by atoms with Crippen molar-refractivity contribution in [1.29, 1.82) is 0 Å². The fraction of sp³-hybridized carbons (Fsp3) is 0.500. The van der Waals surface area contributed by atoms with E-state index in [1.807, 2.05) is 0 Å². The number of fused-ring (bicyclic) bond motifs is 1. The van der Waals surface area contributed by atoms with Crippen molar-refractivity contribution in [3.63, 3.8) is 0 Å². The van der Waals surface area contributed by atoms with Crippen LogP contribution in [-0.4, -0.2) is 97.5 Å². The number of halogens is 5. The van der Waals surface area contributed by atoms with Gasteiger partial charge >= 0.3 is 12.2 Å². The van der Waals surface area contributed by atoms with Gasteiger partial charge in [0.2, 0.25) is 0 Å². The number of hydrogen-bond donors (Lipinski definition) is 5. The third-order valence-corrected chi connectivity index (χ3v) is 9.58. The van der Waals surface area contributed by atoms with Crippen LogP contribution in [0.1, 0.15) is 44.7 Å². The number of alkyl halides is 5. The standard InChI is InChI=1S/C30H32F5N9O4/c1-13-5-14(3-4-15(13)26(46)40-23-16-10-43(11-17(16)23)28(48)39-19-7-36-9-21(19)45)38-27(47)25-37-8-20(42(25)2)18-12-44(22-6-29(22,31)32)41-24(18)30(33,34)35/h3-5,8,12,16-17,19,21-23,36,45H,6-7,9-11H2,1-2H3,(H,38,47)(H,39,48)(H,40,46)/t16-,17+,19?,21-,22?,23?/m0/s1. The molecule has 2 aromatic heterocycles. The first-order valence-electron chi connectivity index (χ1n) is 15.4. The van der Waals surface area contributed by atoms with E-state index in [2.05, 4.69) is 31.3 Å². The van der Waals surface area contributed by atoms with Crippen molar-refractivity contribution in [2.24, 2.45) is 18.9 Å². The third kappa shape index (κ3) is 5.76. The molecule has 3 unspecified atom stereocenters. The molecule has 1 aromatic carbocycles. The lowest BCUT2D eigenvalue weighted by Crippen LogP contribution is -2.49. The van der Waals surface area contributed by atoms with E-state index in [0.29, 0.717) is 47.7 Å². The van der Waals surface area contributed by atoms with Gasteiger partial charge in [0.25, 0.3) is 17.7 Å². The molecule has 5 N–H and O–H groups in total. The van der Waals surface area contributed by atoms with Crippen LogP contribution in [0.15, 0.2) is 30.6 Å². The number of aliphatic hydroxyl groups excluding tert-OH is 1. The number of aliphatic hydroxyl groups is 1. The second-order valence-corrected chi connectivity index (χ2v) is 12.9. The van der Waals surface area contributed by atoms with Gasteiger partial charge in [0.1, 0.15) is 6.04 Å². The lowest BCUT2D eigenvalue weighted by atomic mass is 10.1. The van der Waals surface area contributed by atoms with Crippen molar-refractivity contribution < 1.29 is 41.4 Å². The van der Waals surface area contributed by atoms with Crippen LogP contribution in [0.2, 0.25) is 0 Å². The molecule has 2 saturated heterocycles. The number of carbonyl (C=O) groups excluding carboxylic acids is 3. The molecular weight excluding hydrogens is 645 g/mol. The molecule has 2 aliphatic carbocycles. The molecule has 7 rings (SSSR count). The summed E-state index contributed by atoms with van der Waals surface area (Å²) in [5.74, 6) is -4.17. The molecule has 0 bridgehead atoms. The average molecular weight is 678 g/mol. The van der Waals surface area contributed by atoms with E-state index in [4.69, 9.17) is 0 Å². The van der Waals surface area contributed by atoms with Crippen LogP contribution in [-0.2, 0) is 13.2 Å². The topological polar surface area (TPSA) is 158 Å². The van der Waals surface area contributed by atoms with Crippen LogP contribution in [0.25, 0.3) is 11.3 Å². The van der Waals surface area contributed by atoms with E-state index < -0.39 is 47.8 Å². The van der Waals surface area contributed by atoms with E-state index in [9.17, 15) is 41.4 Å². The first kappa shape index (κ1) is 32.0. The zero-order valence-electron chi connectivity index (χ0n) is 25.7. The van der Waals surface area contributed by atoms with E-state index in [1.165, 1.54) is 13.1 Å². The van der Waals surface area contributed by atoms with E-state index in [0.717, 1.165) is 17.0 Å². The minimum atomic E-state index is -4.93. The molecule has 4 amide bonds. The van der Waals surface area contributed by atoms with Gasteiger partial charge in [-0.1, -0.05) is 0 Å². The monoisotopic (exact) mass is 677 g/mol. The van der Waals surface area contributed by atoms with Crippen LogP contribution in [0.4, 0.5) is 32.4 Å². The van der Waals surface area contributed by atoms with Crippen molar-refractivity contribution in [2.75, 3.05) is 31.5 Å². The molecule has 13 nitrogen and oxygen atoms in total. The van der Waals surface area contributed by atoms with Gasteiger partial charge in [0.05, 0.1) is 29.6 Å². The van der Waals surface area contributed by atoms with Crippen LogP contribution in [0, 0.1) is 18.8 Å². The summed E-state index contributed by atoms with van der Waals surface area (Å²) in [4.78, 5) is 44.4. The number of nitrogens with one attached hydrogen (secondary N) is 4. The second-order valence-electron chi connectivity index (χ2n) is 12.9. The molecule has 0 radical (unpaired) electrons. The Hall–Kier alpha value is -4.58. The summed E-state index contributed by atoms with van der Waals surface area (Å²) in [5.41, 5.74) is -0.730. The molecule has 256 valence electrons. The number of likely N-dealkylation sites (tertiary alicyclic amines) is 1. The van der Waals surface area contributed by atoms with Gasteiger partial charge in [0.15, 0.2) is 11.5 Å². The van der Waals surface area contributed by atoms with Crippen LogP contribution in [0.3, 0.4) is 0 Å². The van der Waals surface area contributed by atoms with Gasteiger partial charge in [-0.05, 0) is 30.7 Å². The number of aryl methyl sites for hydroxylation is 1. The Balaban J connectivity index is 0.967. The van der Waals surface area contributed by atoms with Crippen molar-refractivity contribution >= 4 is 23.5 Å². The molecular formula is C30H32F5N9O4. The molecule has 2 saturated carbocycles. The maximum atomic E-state index is 13.8. The Labute approximate surface area is 269 Å². The van der Waals surface area contributed by atoms with Gasteiger partial charge in [-0.2, -0.15) is 18.3 Å². The number of hydrogen-bond acceptors (Lipinski definition) is 7. The number of carbonyl (C=O) groups is 3. The Kier molecular flexibility index (Phi) is 7.50. The van der Waals surface area contributed by atoms with Crippen molar-refractivity contribution in [3.05, 3.63) is 53.2 Å². The van der Waals surface area contributed by atoms with E-state index in [-0.39, 0.29) is 47.4 Å². The fourth-order valence-electron chi connectivity index (χ4n) is 6.69. The van der Waals surface area contributed by atoms with Gasteiger partial charge < -0.3 is 35.8 Å². The summed E-state index contributed by atoms with van der Waals surface area (Å²) >= 11 is 0. The number of urea groups is 1. The number of benzene rings is 1. The third-order valence-electron chi connectivity index (χ3n) is 9.58. The quantitative estimate of drug-likeness (QED) is 0.240. The molecule has 4 aliphatic rings. The number of piperidine rings is 1. The number of amides is 4. The zero-order chi connectivity index (χ0) is 34.3. The molecule has 48 heavy (non-hydrogen) atoms. The second kappa shape index (κ2) is 11.3. The maximum Gasteiger partial charge on any atom is 0.435 e. The number of β-amino-alcohol motifs (C(OH)–C–C–N with tert-alkyl or cyclic N) is 1. The number of aromatic nitrogens is 4. The summed E-state index contributed by atoms with van der Waals surface area (Å²) in [6.45, 7) is 3.61. The lowest BCUT2D eigenvalue weighted by molar-refractivity contribution is -0.141. The first-order chi connectivity index (χ1) is 22.6. The van der Waals surface area contributed by atoms with Gasteiger partial charge in [-0.3, -0.25) is 14.3 Å².